The third-order valence-electron chi connectivity index (χ3n) is 6.54. The number of ether oxygens (including phenoxy) is 1. The molecule has 8 nitrogen and oxygen atoms in total. The van der Waals surface area contributed by atoms with Crippen molar-refractivity contribution in [1.82, 2.24) is 14.1 Å². The molecule has 2 heterocycles. The normalized spacial score (nSPS) is 19.6. The van der Waals surface area contributed by atoms with Crippen molar-refractivity contribution in [2.75, 3.05) is 64.3 Å². The van der Waals surface area contributed by atoms with Crippen LogP contribution in [0.25, 0.3) is 6.08 Å². The van der Waals surface area contributed by atoms with Crippen molar-refractivity contribution in [3.63, 3.8) is 0 Å². The summed E-state index contributed by atoms with van der Waals surface area (Å²) in [5.41, 5.74) is 1.79. The molecule has 1 unspecified atom stereocenters. The van der Waals surface area contributed by atoms with Gasteiger partial charge < -0.3 is 10.1 Å². The molecule has 1 atom stereocenters. The van der Waals surface area contributed by atoms with Crippen molar-refractivity contribution >= 4 is 27.7 Å². The second-order valence-corrected chi connectivity index (χ2v) is 10.8. The zero-order chi connectivity index (χ0) is 24.7. The number of rotatable bonds is 8. The number of amides is 1. The van der Waals surface area contributed by atoms with E-state index in [1.807, 2.05) is 25.1 Å². The molecule has 0 bridgehead atoms. The molecular weight excluding hydrogens is 464 g/mol. The van der Waals surface area contributed by atoms with Crippen LogP contribution in [-0.4, -0.2) is 93.5 Å². The predicted molar refractivity (Wildman–Crippen MR) is 138 cm³/mol. The zero-order valence-electron chi connectivity index (χ0n) is 20.2. The molecule has 35 heavy (non-hydrogen) atoms. The molecule has 0 radical (unpaired) electrons. The summed E-state index contributed by atoms with van der Waals surface area (Å²) in [4.78, 5) is 17.6. The minimum Gasteiger partial charge on any atom is -0.379 e. The fourth-order valence-electron chi connectivity index (χ4n) is 4.29. The number of carbonyl (C=O) groups is 1. The van der Waals surface area contributed by atoms with Gasteiger partial charge in [0.25, 0.3) is 0 Å². The number of hydrogen-bond donors (Lipinski definition) is 1. The molecule has 1 amide bonds. The Kier molecular flexibility index (Phi) is 8.69. The molecule has 0 saturated carbocycles. The quantitative estimate of drug-likeness (QED) is 0.602. The minimum absolute atomic E-state index is 0.0915. The summed E-state index contributed by atoms with van der Waals surface area (Å²) in [7, 11) is -3.55. The van der Waals surface area contributed by atoms with E-state index in [1.54, 1.807) is 24.3 Å². The maximum absolute atomic E-state index is 12.8. The molecule has 1 N–H and O–H groups in total. The van der Waals surface area contributed by atoms with E-state index in [1.165, 1.54) is 9.87 Å². The molecule has 2 aromatic rings. The topological polar surface area (TPSA) is 82.2 Å². The Bertz CT molecular complexity index is 1090. The molecule has 2 aromatic carbocycles. The monoisotopic (exact) mass is 498 g/mol. The molecule has 4 rings (SSSR count). The van der Waals surface area contributed by atoms with Gasteiger partial charge in [-0.05, 0) is 36.8 Å². The van der Waals surface area contributed by atoms with Gasteiger partial charge in [0.1, 0.15) is 0 Å². The van der Waals surface area contributed by atoms with E-state index in [2.05, 4.69) is 39.4 Å². The first kappa shape index (κ1) is 25.5. The van der Waals surface area contributed by atoms with Gasteiger partial charge in [-0.1, -0.05) is 42.5 Å². The van der Waals surface area contributed by atoms with Crippen LogP contribution in [0.15, 0.2) is 65.6 Å². The molecule has 2 saturated heterocycles. The minimum atomic E-state index is -3.55. The summed E-state index contributed by atoms with van der Waals surface area (Å²) in [5, 5.41) is 2.93. The number of sulfonamides is 1. The largest absolute Gasteiger partial charge is 0.379 e. The summed E-state index contributed by atoms with van der Waals surface area (Å²) in [6.07, 6.45) is 4.32. The summed E-state index contributed by atoms with van der Waals surface area (Å²) < 4.78 is 32.2. The van der Waals surface area contributed by atoms with Crippen LogP contribution in [0.5, 0.6) is 0 Å². The van der Waals surface area contributed by atoms with Crippen LogP contribution in [0.1, 0.15) is 12.5 Å². The van der Waals surface area contributed by atoms with Gasteiger partial charge >= 0.3 is 0 Å². The Hall–Kier alpha value is -2.56. The van der Waals surface area contributed by atoms with E-state index in [4.69, 9.17) is 4.74 Å². The van der Waals surface area contributed by atoms with E-state index < -0.39 is 10.0 Å². The third-order valence-corrected chi connectivity index (χ3v) is 8.45. The molecule has 188 valence electrons. The standard InChI is InChI=1S/C26H34N4O4S/c1-22(29-16-14-28(15-17-29)13-5-8-23-6-3-2-4-7-23)26(31)27-24-9-11-25(12-10-24)35(32,33)30-18-20-34-21-19-30/h2-12,22H,13-21H2,1H3,(H,27,31). The average Bonchev–Trinajstić information content (AvgIpc) is 2.90. The third kappa shape index (κ3) is 6.77. The lowest BCUT2D eigenvalue weighted by atomic mass is 10.2. The fourth-order valence-corrected chi connectivity index (χ4v) is 5.70. The maximum Gasteiger partial charge on any atom is 0.243 e. The Balaban J connectivity index is 1.24. The predicted octanol–water partition coefficient (Wildman–Crippen LogP) is 2.37. The Morgan fingerprint density at radius 2 is 1.63 bits per heavy atom. The van der Waals surface area contributed by atoms with Gasteiger partial charge in [-0.2, -0.15) is 4.31 Å². The Labute approximate surface area is 208 Å². The first-order chi connectivity index (χ1) is 16.9. The molecule has 2 aliphatic heterocycles. The number of piperazine rings is 1. The Morgan fingerprint density at radius 3 is 2.29 bits per heavy atom. The molecule has 2 fully saturated rings. The van der Waals surface area contributed by atoms with E-state index in [0.717, 1.165) is 32.7 Å². The molecule has 0 aliphatic carbocycles. The molecule has 9 heteroatoms. The van der Waals surface area contributed by atoms with E-state index in [0.29, 0.717) is 32.0 Å². The molecule has 2 aliphatic rings. The highest BCUT2D eigenvalue weighted by Crippen LogP contribution is 2.20. The van der Waals surface area contributed by atoms with Crippen molar-refractivity contribution in [2.24, 2.45) is 0 Å². The van der Waals surface area contributed by atoms with Crippen LogP contribution in [0.2, 0.25) is 0 Å². The highest BCUT2D eigenvalue weighted by Gasteiger charge is 2.27. The van der Waals surface area contributed by atoms with Crippen molar-refractivity contribution in [2.45, 2.75) is 17.9 Å². The molecular formula is C26H34N4O4S. The fraction of sp³-hybridized carbons (Fsp3) is 0.423. The van der Waals surface area contributed by atoms with Crippen LogP contribution in [0.3, 0.4) is 0 Å². The van der Waals surface area contributed by atoms with Crippen molar-refractivity contribution < 1.29 is 17.9 Å². The number of benzene rings is 2. The summed E-state index contributed by atoms with van der Waals surface area (Å²) in [5.74, 6) is -0.0915. The molecule has 0 spiro atoms. The van der Waals surface area contributed by atoms with Gasteiger partial charge in [0.05, 0.1) is 24.2 Å². The number of nitrogens with one attached hydrogen (secondary N) is 1. The van der Waals surface area contributed by atoms with Crippen molar-refractivity contribution in [3.05, 3.63) is 66.2 Å². The average molecular weight is 499 g/mol. The van der Waals surface area contributed by atoms with Gasteiger partial charge in [-0.25, -0.2) is 8.42 Å². The van der Waals surface area contributed by atoms with E-state index in [9.17, 15) is 13.2 Å². The van der Waals surface area contributed by atoms with Crippen molar-refractivity contribution in [1.29, 1.82) is 0 Å². The zero-order valence-corrected chi connectivity index (χ0v) is 21.0. The van der Waals surface area contributed by atoms with Crippen LogP contribution >= 0.6 is 0 Å². The van der Waals surface area contributed by atoms with Gasteiger partial charge in [0.2, 0.25) is 15.9 Å². The maximum atomic E-state index is 12.8. The first-order valence-electron chi connectivity index (χ1n) is 12.1. The second-order valence-electron chi connectivity index (χ2n) is 8.86. The van der Waals surface area contributed by atoms with Crippen molar-refractivity contribution in [3.8, 4) is 0 Å². The number of anilines is 1. The summed E-state index contributed by atoms with van der Waals surface area (Å²) >= 11 is 0. The van der Waals surface area contributed by atoms with Crippen LogP contribution in [0.4, 0.5) is 5.69 Å². The van der Waals surface area contributed by atoms with Gasteiger partial charge in [-0.15, -0.1) is 0 Å². The highest BCUT2D eigenvalue weighted by molar-refractivity contribution is 7.89. The van der Waals surface area contributed by atoms with Crippen LogP contribution < -0.4 is 5.32 Å². The van der Waals surface area contributed by atoms with Gasteiger partial charge in [0, 0.05) is 51.5 Å². The summed E-state index contributed by atoms with van der Waals surface area (Å²) in [6, 6.07) is 16.4. The van der Waals surface area contributed by atoms with Crippen LogP contribution in [0, 0.1) is 0 Å². The lowest BCUT2D eigenvalue weighted by Crippen LogP contribution is -2.52. The number of hydrogen-bond acceptors (Lipinski definition) is 6. The smallest absolute Gasteiger partial charge is 0.243 e. The number of morpholine rings is 1. The lowest BCUT2D eigenvalue weighted by Gasteiger charge is -2.37. The van der Waals surface area contributed by atoms with Crippen LogP contribution in [-0.2, 0) is 19.6 Å². The number of nitrogens with zero attached hydrogens (tertiary/aromatic N) is 3. The van der Waals surface area contributed by atoms with Gasteiger partial charge in [-0.3, -0.25) is 14.6 Å². The SMILES string of the molecule is CC(C(=O)Nc1ccc(S(=O)(=O)N2CCOCC2)cc1)N1CCN(CC=Cc2ccccc2)CC1. The van der Waals surface area contributed by atoms with E-state index >= 15 is 0 Å². The summed E-state index contributed by atoms with van der Waals surface area (Å²) in [6.45, 7) is 7.79. The Morgan fingerprint density at radius 1 is 0.971 bits per heavy atom. The number of carbonyl (C=O) groups excluding carboxylic acids is 1. The highest BCUT2D eigenvalue weighted by atomic mass is 32.2. The molecule has 0 aromatic heterocycles. The lowest BCUT2D eigenvalue weighted by molar-refractivity contribution is -0.121. The van der Waals surface area contributed by atoms with Gasteiger partial charge in [0.15, 0.2) is 0 Å². The first-order valence-corrected chi connectivity index (χ1v) is 13.5. The van der Waals surface area contributed by atoms with E-state index in [-0.39, 0.29) is 16.8 Å². The second kappa shape index (κ2) is 11.9.